The van der Waals surface area contributed by atoms with Crippen molar-refractivity contribution >= 4 is 34.4 Å². The molecule has 1 aromatic heterocycles. The van der Waals surface area contributed by atoms with E-state index < -0.39 is 5.92 Å². The van der Waals surface area contributed by atoms with Crippen molar-refractivity contribution in [2.24, 2.45) is 11.8 Å². The van der Waals surface area contributed by atoms with Crippen LogP contribution in [0.4, 0.5) is 0 Å². The van der Waals surface area contributed by atoms with Gasteiger partial charge in [0.2, 0.25) is 5.91 Å². The van der Waals surface area contributed by atoms with Crippen LogP contribution in [0.25, 0.3) is 10.9 Å². The Kier molecular flexibility index (Phi) is 6.45. The number of hydrogen-bond acceptors (Lipinski definition) is 3. The molecule has 2 atom stereocenters. The minimum atomic E-state index is -0.416. The number of benzene rings is 1. The topological polar surface area (TPSA) is 71.2 Å². The van der Waals surface area contributed by atoms with Crippen LogP contribution in [0.3, 0.4) is 0 Å². The molecule has 5 nitrogen and oxygen atoms in total. The van der Waals surface area contributed by atoms with E-state index >= 15 is 0 Å². The van der Waals surface area contributed by atoms with Crippen molar-refractivity contribution in [3.8, 4) is 0 Å². The van der Waals surface area contributed by atoms with E-state index in [4.69, 9.17) is 16.3 Å². The van der Waals surface area contributed by atoms with Crippen LogP contribution in [0.2, 0.25) is 5.02 Å². The predicted octanol–water partition coefficient (Wildman–Crippen LogP) is 4.32. The fourth-order valence-corrected chi connectivity index (χ4v) is 4.04. The molecular formula is C22H27ClN2O3. The largest absolute Gasteiger partial charge is 0.463 e. The number of ether oxygens (including phenoxy) is 1. The Bertz CT molecular complexity index is 901. The van der Waals surface area contributed by atoms with Crippen molar-refractivity contribution in [3.05, 3.63) is 46.6 Å². The van der Waals surface area contributed by atoms with Crippen LogP contribution in [-0.2, 0) is 20.7 Å². The zero-order valence-corrected chi connectivity index (χ0v) is 17.3. The maximum atomic E-state index is 12.7. The average Bonchev–Trinajstić information content (AvgIpc) is 2.98. The van der Waals surface area contributed by atoms with Crippen LogP contribution >= 0.6 is 11.6 Å². The van der Waals surface area contributed by atoms with Gasteiger partial charge in [0.25, 0.3) is 0 Å². The molecule has 0 fully saturated rings. The highest BCUT2D eigenvalue weighted by molar-refractivity contribution is 6.35. The quantitative estimate of drug-likeness (QED) is 0.558. The number of carbonyl (C=O) groups excluding carboxylic acids is 2. The first kappa shape index (κ1) is 20.5. The SMILES string of the molecule is Cc1[nH]c2c(Cl)cccc2c1CCNC(=O)[C@H]1CC=CC[C@H]1C(=O)OC(C)C. The number of fused-ring (bicyclic) bond motifs is 1. The van der Waals surface area contributed by atoms with Gasteiger partial charge in [-0.25, -0.2) is 0 Å². The summed E-state index contributed by atoms with van der Waals surface area (Å²) in [5, 5.41) is 4.78. The first-order chi connectivity index (χ1) is 13.4. The van der Waals surface area contributed by atoms with Gasteiger partial charge in [0, 0.05) is 17.6 Å². The maximum Gasteiger partial charge on any atom is 0.310 e. The maximum absolute atomic E-state index is 12.7. The lowest BCUT2D eigenvalue weighted by Crippen LogP contribution is -2.40. The number of amides is 1. The second-order valence-corrected chi connectivity index (χ2v) is 7.98. The summed E-state index contributed by atoms with van der Waals surface area (Å²) in [6.07, 6.45) is 5.54. The van der Waals surface area contributed by atoms with E-state index in [2.05, 4.69) is 10.3 Å². The number of hydrogen-bond donors (Lipinski definition) is 2. The number of allylic oxidation sites excluding steroid dienone is 2. The molecule has 0 spiro atoms. The Balaban J connectivity index is 1.64. The molecule has 0 saturated heterocycles. The molecule has 1 amide bonds. The third-order valence-electron chi connectivity index (χ3n) is 5.20. The van der Waals surface area contributed by atoms with E-state index in [1.54, 1.807) is 0 Å². The monoisotopic (exact) mass is 402 g/mol. The predicted molar refractivity (Wildman–Crippen MR) is 111 cm³/mol. The molecule has 1 aliphatic rings. The summed E-state index contributed by atoms with van der Waals surface area (Å²) in [5.74, 6) is -1.18. The molecule has 28 heavy (non-hydrogen) atoms. The number of esters is 1. The van der Waals surface area contributed by atoms with E-state index in [1.165, 1.54) is 0 Å². The molecule has 2 N–H and O–H groups in total. The van der Waals surface area contributed by atoms with Crippen LogP contribution in [-0.4, -0.2) is 29.5 Å². The van der Waals surface area contributed by atoms with Crippen molar-refractivity contribution in [2.75, 3.05) is 6.54 Å². The van der Waals surface area contributed by atoms with Gasteiger partial charge in [-0.05, 0) is 51.7 Å². The van der Waals surface area contributed by atoms with Crippen LogP contribution < -0.4 is 5.32 Å². The Morgan fingerprint density at radius 1 is 1.25 bits per heavy atom. The number of rotatable bonds is 6. The van der Waals surface area contributed by atoms with Gasteiger partial charge in [-0.1, -0.05) is 35.9 Å². The number of aromatic nitrogens is 1. The van der Waals surface area contributed by atoms with Gasteiger partial charge in [0.1, 0.15) is 0 Å². The summed E-state index contributed by atoms with van der Waals surface area (Å²) in [4.78, 5) is 28.4. The number of H-pyrrole nitrogens is 1. The second kappa shape index (κ2) is 8.82. The number of aromatic amines is 1. The lowest BCUT2D eigenvalue weighted by molar-refractivity contribution is -0.156. The first-order valence-corrected chi connectivity index (χ1v) is 10.1. The molecule has 0 radical (unpaired) electrons. The molecule has 3 rings (SSSR count). The number of para-hydroxylation sites is 1. The molecule has 1 aliphatic carbocycles. The van der Waals surface area contributed by atoms with Crippen LogP contribution in [0, 0.1) is 18.8 Å². The van der Waals surface area contributed by atoms with Crippen molar-refractivity contribution in [2.45, 2.75) is 46.1 Å². The smallest absolute Gasteiger partial charge is 0.310 e. The summed E-state index contributed by atoms with van der Waals surface area (Å²) in [7, 11) is 0. The van der Waals surface area contributed by atoms with E-state index in [1.807, 2.05) is 51.1 Å². The summed E-state index contributed by atoms with van der Waals surface area (Å²) >= 11 is 6.26. The van der Waals surface area contributed by atoms with E-state index in [0.29, 0.717) is 30.8 Å². The van der Waals surface area contributed by atoms with E-state index in [9.17, 15) is 9.59 Å². The lowest BCUT2D eigenvalue weighted by Gasteiger charge is -2.26. The summed E-state index contributed by atoms with van der Waals surface area (Å²) < 4.78 is 5.34. The van der Waals surface area contributed by atoms with Gasteiger partial charge < -0.3 is 15.0 Å². The molecule has 150 valence electrons. The standard InChI is InChI=1S/C22H27ClN2O3/c1-13(2)28-22(27)18-8-5-4-7-17(18)21(26)24-12-11-15-14(3)25-20-16(15)9-6-10-19(20)23/h4-6,9-10,13,17-18,25H,7-8,11-12H2,1-3H3,(H,24,26)/t17-,18+/m0/s1. The normalized spacial score (nSPS) is 19.2. The third-order valence-corrected chi connectivity index (χ3v) is 5.52. The second-order valence-electron chi connectivity index (χ2n) is 7.57. The Labute approximate surface area is 170 Å². The minimum Gasteiger partial charge on any atom is -0.463 e. The van der Waals surface area contributed by atoms with Crippen molar-refractivity contribution in [1.82, 2.24) is 10.3 Å². The van der Waals surface area contributed by atoms with Gasteiger partial charge >= 0.3 is 5.97 Å². The molecule has 2 aromatic rings. The molecule has 0 saturated carbocycles. The van der Waals surface area contributed by atoms with Crippen LogP contribution in [0.1, 0.15) is 37.9 Å². The highest BCUT2D eigenvalue weighted by Crippen LogP contribution is 2.29. The van der Waals surface area contributed by atoms with Gasteiger partial charge in [-0.15, -0.1) is 0 Å². The Morgan fingerprint density at radius 3 is 2.68 bits per heavy atom. The zero-order valence-electron chi connectivity index (χ0n) is 16.5. The molecule has 6 heteroatoms. The van der Waals surface area contributed by atoms with Crippen LogP contribution in [0.15, 0.2) is 30.4 Å². The van der Waals surface area contributed by atoms with Crippen molar-refractivity contribution in [1.29, 1.82) is 0 Å². The highest BCUT2D eigenvalue weighted by atomic mass is 35.5. The molecule has 0 unspecified atom stereocenters. The zero-order chi connectivity index (χ0) is 20.3. The fourth-order valence-electron chi connectivity index (χ4n) is 3.82. The molecule has 1 aromatic carbocycles. The summed E-state index contributed by atoms with van der Waals surface area (Å²) in [6.45, 7) is 6.16. The van der Waals surface area contributed by atoms with Crippen molar-refractivity contribution < 1.29 is 14.3 Å². The molecule has 0 bridgehead atoms. The molecule has 0 aliphatic heterocycles. The summed E-state index contributed by atoms with van der Waals surface area (Å²) in [5.41, 5.74) is 3.13. The van der Waals surface area contributed by atoms with Gasteiger partial charge in [0.15, 0.2) is 0 Å². The van der Waals surface area contributed by atoms with Crippen LogP contribution in [0.5, 0.6) is 0 Å². The fraction of sp³-hybridized carbons (Fsp3) is 0.455. The number of halogens is 1. The number of aryl methyl sites for hydroxylation is 1. The average molecular weight is 403 g/mol. The number of nitrogens with one attached hydrogen (secondary N) is 2. The molecular weight excluding hydrogens is 376 g/mol. The van der Waals surface area contributed by atoms with E-state index in [0.717, 1.165) is 22.2 Å². The number of carbonyl (C=O) groups is 2. The van der Waals surface area contributed by atoms with Gasteiger partial charge in [0.05, 0.1) is 28.5 Å². The first-order valence-electron chi connectivity index (χ1n) is 9.77. The minimum absolute atomic E-state index is 0.0921. The summed E-state index contributed by atoms with van der Waals surface area (Å²) in [6, 6.07) is 5.82. The van der Waals surface area contributed by atoms with Crippen molar-refractivity contribution in [3.63, 3.8) is 0 Å². The van der Waals surface area contributed by atoms with Gasteiger partial charge in [-0.2, -0.15) is 0 Å². The third kappa shape index (κ3) is 4.41. The lowest BCUT2D eigenvalue weighted by atomic mass is 9.82. The Hall–Kier alpha value is -2.27. The molecule has 1 heterocycles. The highest BCUT2D eigenvalue weighted by Gasteiger charge is 2.35. The van der Waals surface area contributed by atoms with Gasteiger partial charge in [-0.3, -0.25) is 9.59 Å². The Morgan fingerprint density at radius 2 is 1.96 bits per heavy atom. The van der Waals surface area contributed by atoms with E-state index in [-0.39, 0.29) is 23.9 Å².